The summed E-state index contributed by atoms with van der Waals surface area (Å²) in [6.45, 7) is 3.52. The quantitative estimate of drug-likeness (QED) is 0.648. The molecule has 0 saturated heterocycles. The predicted octanol–water partition coefficient (Wildman–Crippen LogP) is 1.40. The van der Waals surface area contributed by atoms with Crippen molar-refractivity contribution < 1.29 is 10.2 Å². The van der Waals surface area contributed by atoms with Gasteiger partial charge in [-0.25, -0.2) is 0 Å². The zero-order chi connectivity index (χ0) is 7.23. The first-order chi connectivity index (χ1) is 4.93. The number of hydrogen-bond acceptors (Lipinski definition) is 1. The molecule has 0 heterocycles. The Morgan fingerprint density at radius 3 is 2.36 bits per heavy atom. The Labute approximate surface area is 67.1 Å². The summed E-state index contributed by atoms with van der Waals surface area (Å²) in [6.07, 6.45) is 0. The third-order valence-electron chi connectivity index (χ3n) is 1.32. The Morgan fingerprint density at radius 1 is 1.18 bits per heavy atom. The third-order valence-corrected chi connectivity index (χ3v) is 1.32. The van der Waals surface area contributed by atoms with Crippen molar-refractivity contribution in [2.45, 2.75) is 13.5 Å². The van der Waals surface area contributed by atoms with Crippen LogP contribution in [0.2, 0.25) is 0 Å². The van der Waals surface area contributed by atoms with Gasteiger partial charge in [-0.2, -0.15) is 0 Å². The lowest BCUT2D eigenvalue weighted by atomic mass is 10.2. The van der Waals surface area contributed by atoms with Crippen LogP contribution in [0.15, 0.2) is 30.3 Å². The van der Waals surface area contributed by atoms with E-state index in [-0.39, 0.29) is 5.48 Å². The van der Waals surface area contributed by atoms with E-state index in [4.69, 9.17) is 4.74 Å². The van der Waals surface area contributed by atoms with Crippen molar-refractivity contribution in [1.82, 2.24) is 0 Å². The Hall–Kier alpha value is -0.860. The second-order valence-electron chi connectivity index (χ2n) is 2.12. The first-order valence-electron chi connectivity index (χ1n) is 3.55. The summed E-state index contributed by atoms with van der Waals surface area (Å²) in [5, 5.41) is 0. The van der Waals surface area contributed by atoms with Crippen LogP contribution in [0.3, 0.4) is 0 Å². The summed E-state index contributed by atoms with van der Waals surface area (Å²) in [5.74, 6) is 0. The van der Waals surface area contributed by atoms with Gasteiger partial charge in [-0.15, -0.1) is 0 Å². The molecule has 2 heteroatoms. The van der Waals surface area contributed by atoms with Gasteiger partial charge in [-0.3, -0.25) is 0 Å². The molecule has 0 saturated carbocycles. The molecule has 1 aromatic carbocycles. The average molecular weight is 154 g/mol. The summed E-state index contributed by atoms with van der Waals surface area (Å²) in [7, 11) is 0. The van der Waals surface area contributed by atoms with Crippen molar-refractivity contribution in [3.8, 4) is 0 Å². The molecule has 2 N–H and O–H groups in total. The van der Waals surface area contributed by atoms with E-state index in [1.807, 2.05) is 25.1 Å². The van der Waals surface area contributed by atoms with Gasteiger partial charge in [0, 0.05) is 6.61 Å². The second kappa shape index (κ2) is 5.89. The van der Waals surface area contributed by atoms with E-state index in [0.717, 1.165) is 13.2 Å². The molecule has 1 aromatic rings. The van der Waals surface area contributed by atoms with Crippen LogP contribution in [-0.2, 0) is 11.3 Å². The topological polar surface area (TPSA) is 40.7 Å². The van der Waals surface area contributed by atoms with E-state index in [1.54, 1.807) is 0 Å². The van der Waals surface area contributed by atoms with Gasteiger partial charge in [0.2, 0.25) is 0 Å². The second-order valence-corrected chi connectivity index (χ2v) is 2.12. The lowest BCUT2D eigenvalue weighted by Crippen LogP contribution is -1.90. The average Bonchev–Trinajstić information content (AvgIpc) is 2.03. The van der Waals surface area contributed by atoms with Gasteiger partial charge in [-0.1, -0.05) is 30.3 Å². The molecule has 0 aliphatic heterocycles. The SMILES string of the molecule is CCOCc1ccccc1.O. The zero-order valence-corrected chi connectivity index (χ0v) is 6.71. The molecule has 0 bridgehead atoms. The molecular weight excluding hydrogens is 140 g/mol. The van der Waals surface area contributed by atoms with Gasteiger partial charge >= 0.3 is 0 Å². The van der Waals surface area contributed by atoms with E-state index in [0.29, 0.717) is 0 Å². The van der Waals surface area contributed by atoms with Crippen LogP contribution in [0.5, 0.6) is 0 Å². The molecule has 0 radical (unpaired) electrons. The van der Waals surface area contributed by atoms with Crippen LogP contribution in [0, 0.1) is 0 Å². The van der Waals surface area contributed by atoms with Crippen LogP contribution in [0.1, 0.15) is 12.5 Å². The largest absolute Gasteiger partial charge is 0.412 e. The van der Waals surface area contributed by atoms with Crippen LogP contribution in [0.25, 0.3) is 0 Å². The highest BCUT2D eigenvalue weighted by atomic mass is 16.5. The Balaban J connectivity index is 0.000001000. The van der Waals surface area contributed by atoms with Crippen molar-refractivity contribution in [3.05, 3.63) is 35.9 Å². The summed E-state index contributed by atoms with van der Waals surface area (Å²) >= 11 is 0. The molecule has 0 atom stereocenters. The number of hydrogen-bond donors (Lipinski definition) is 0. The fourth-order valence-corrected chi connectivity index (χ4v) is 0.794. The summed E-state index contributed by atoms with van der Waals surface area (Å²) in [5.41, 5.74) is 1.24. The minimum absolute atomic E-state index is 0. The molecule has 0 aliphatic rings. The minimum Gasteiger partial charge on any atom is -0.412 e. The molecule has 0 amide bonds. The summed E-state index contributed by atoms with van der Waals surface area (Å²) < 4.78 is 5.22. The number of ether oxygens (including phenoxy) is 1. The molecule has 11 heavy (non-hydrogen) atoms. The van der Waals surface area contributed by atoms with Gasteiger partial charge in [0.1, 0.15) is 0 Å². The highest BCUT2D eigenvalue weighted by Crippen LogP contribution is 1.99. The van der Waals surface area contributed by atoms with Gasteiger partial charge < -0.3 is 10.2 Å². The fraction of sp³-hybridized carbons (Fsp3) is 0.333. The number of rotatable bonds is 3. The Bertz CT molecular complexity index is 172. The molecule has 0 aromatic heterocycles. The van der Waals surface area contributed by atoms with E-state index in [2.05, 4.69) is 12.1 Å². The third kappa shape index (κ3) is 3.75. The minimum atomic E-state index is 0. The lowest BCUT2D eigenvalue weighted by molar-refractivity contribution is 0.134. The zero-order valence-electron chi connectivity index (χ0n) is 6.71. The molecule has 1 rings (SSSR count). The first kappa shape index (κ1) is 10.1. The Kier molecular flexibility index (Phi) is 5.43. The molecule has 62 valence electrons. The monoisotopic (exact) mass is 154 g/mol. The van der Waals surface area contributed by atoms with Gasteiger partial charge in [0.05, 0.1) is 6.61 Å². The van der Waals surface area contributed by atoms with Gasteiger partial charge in [-0.05, 0) is 12.5 Å². The Morgan fingerprint density at radius 2 is 1.82 bits per heavy atom. The van der Waals surface area contributed by atoms with Crippen LogP contribution in [-0.4, -0.2) is 12.1 Å². The standard InChI is InChI=1S/C9H12O.H2O/c1-2-10-8-9-6-4-3-5-7-9;/h3-7H,2,8H2,1H3;1H2. The van der Waals surface area contributed by atoms with Gasteiger partial charge in [0.25, 0.3) is 0 Å². The molecular formula is C9H14O2. The molecule has 2 nitrogen and oxygen atoms in total. The van der Waals surface area contributed by atoms with Crippen LogP contribution >= 0.6 is 0 Å². The van der Waals surface area contributed by atoms with Crippen LogP contribution < -0.4 is 0 Å². The smallest absolute Gasteiger partial charge is 0.0716 e. The molecule has 0 spiro atoms. The highest BCUT2D eigenvalue weighted by Gasteiger charge is 1.86. The summed E-state index contributed by atoms with van der Waals surface area (Å²) in [4.78, 5) is 0. The number of benzene rings is 1. The predicted molar refractivity (Wildman–Crippen MR) is 45.4 cm³/mol. The van der Waals surface area contributed by atoms with Crippen molar-refractivity contribution in [1.29, 1.82) is 0 Å². The van der Waals surface area contributed by atoms with Gasteiger partial charge in [0.15, 0.2) is 0 Å². The van der Waals surface area contributed by atoms with Crippen molar-refractivity contribution in [2.24, 2.45) is 0 Å². The highest BCUT2D eigenvalue weighted by molar-refractivity contribution is 5.13. The molecule has 0 aliphatic carbocycles. The molecule has 0 fully saturated rings. The first-order valence-corrected chi connectivity index (χ1v) is 3.55. The van der Waals surface area contributed by atoms with E-state index in [9.17, 15) is 0 Å². The maximum Gasteiger partial charge on any atom is 0.0716 e. The fourth-order valence-electron chi connectivity index (χ4n) is 0.794. The van der Waals surface area contributed by atoms with E-state index >= 15 is 0 Å². The van der Waals surface area contributed by atoms with Crippen LogP contribution in [0.4, 0.5) is 0 Å². The van der Waals surface area contributed by atoms with Crippen molar-refractivity contribution >= 4 is 0 Å². The lowest BCUT2D eigenvalue weighted by Gasteiger charge is -1.98. The normalized spacial score (nSPS) is 8.82. The van der Waals surface area contributed by atoms with E-state index in [1.165, 1.54) is 5.56 Å². The van der Waals surface area contributed by atoms with Crippen molar-refractivity contribution in [2.75, 3.05) is 6.61 Å². The summed E-state index contributed by atoms with van der Waals surface area (Å²) in [6, 6.07) is 10.2. The maximum atomic E-state index is 5.22. The maximum absolute atomic E-state index is 5.22. The molecule has 0 unspecified atom stereocenters. The van der Waals surface area contributed by atoms with Crippen molar-refractivity contribution in [3.63, 3.8) is 0 Å². The van der Waals surface area contributed by atoms with E-state index < -0.39 is 0 Å².